The summed E-state index contributed by atoms with van der Waals surface area (Å²) in [6.07, 6.45) is -12.2. The van der Waals surface area contributed by atoms with E-state index >= 15 is 0 Å². The third kappa shape index (κ3) is 2.16. The average Bonchev–Trinajstić information content (AvgIpc) is 1.93. The van der Waals surface area contributed by atoms with Crippen LogP contribution in [-0.2, 0) is 9.53 Å². The highest BCUT2D eigenvalue weighted by Gasteiger charge is 2.78. The first kappa shape index (κ1) is 14.0. The quantitative estimate of drug-likeness (QED) is 0.767. The monoisotopic (exact) mass is 240 g/mol. The molecule has 0 spiro atoms. The Hall–Kier alpha value is -0.990. The van der Waals surface area contributed by atoms with Crippen molar-refractivity contribution in [1.29, 1.82) is 0 Å². The number of alkyl halides is 6. The van der Waals surface area contributed by atoms with Crippen LogP contribution in [0.5, 0.6) is 0 Å². The second-order valence-electron chi connectivity index (χ2n) is 2.41. The summed E-state index contributed by atoms with van der Waals surface area (Å²) in [7, 11) is 0. The van der Waals surface area contributed by atoms with Crippen LogP contribution in [-0.4, -0.2) is 35.6 Å². The Balaban J connectivity index is 5.61. The van der Waals surface area contributed by atoms with Crippen LogP contribution in [0.25, 0.3) is 0 Å². The molecule has 0 rings (SSSR count). The molecular weight excluding hydrogens is 234 g/mol. The summed E-state index contributed by atoms with van der Waals surface area (Å²) in [6, 6.07) is 0. The number of carboxylic acid groups (broad SMARTS) is 1. The van der Waals surface area contributed by atoms with E-state index in [1.54, 1.807) is 0 Å². The Labute approximate surface area is 79.6 Å². The van der Waals surface area contributed by atoms with E-state index in [1.165, 1.54) is 0 Å². The molecule has 90 valence electrons. The van der Waals surface area contributed by atoms with E-state index in [1.807, 2.05) is 0 Å². The zero-order valence-corrected chi connectivity index (χ0v) is 7.24. The molecule has 0 aliphatic heterocycles. The van der Waals surface area contributed by atoms with Gasteiger partial charge in [-0.25, -0.2) is 4.79 Å². The number of carboxylic acids is 1. The highest BCUT2D eigenvalue weighted by Crippen LogP contribution is 2.45. The van der Waals surface area contributed by atoms with E-state index in [0.717, 1.165) is 6.92 Å². The molecule has 0 heterocycles. The summed E-state index contributed by atoms with van der Waals surface area (Å²) in [6.45, 7) is -0.208. The van der Waals surface area contributed by atoms with Crippen molar-refractivity contribution < 1.29 is 41.0 Å². The van der Waals surface area contributed by atoms with Gasteiger partial charge in [0.05, 0.1) is 0 Å². The van der Waals surface area contributed by atoms with Gasteiger partial charge in [0.25, 0.3) is 0 Å². The maximum Gasteiger partial charge on any atom is 0.437 e. The third-order valence-electron chi connectivity index (χ3n) is 1.46. The number of rotatable bonds is 3. The summed E-state index contributed by atoms with van der Waals surface area (Å²) in [5, 5.41) is 8.06. The Bertz CT molecular complexity index is 228. The van der Waals surface area contributed by atoms with Crippen molar-refractivity contribution >= 4 is 5.97 Å². The normalized spacial score (nSPS) is 14.1. The first-order valence-corrected chi connectivity index (χ1v) is 3.51. The minimum absolute atomic E-state index is 0.829. The first-order chi connectivity index (χ1) is 6.50. The van der Waals surface area contributed by atoms with Crippen LogP contribution < -0.4 is 0 Å². The summed E-state index contributed by atoms with van der Waals surface area (Å²) in [4.78, 5) is 10.1. The minimum atomic E-state index is -6.08. The van der Waals surface area contributed by atoms with Crippen LogP contribution in [0.15, 0.2) is 0 Å². The van der Waals surface area contributed by atoms with E-state index in [-0.39, 0.29) is 0 Å². The molecule has 0 fully saturated rings. The molecule has 0 radical (unpaired) electrons. The maximum absolute atomic E-state index is 12.1. The minimum Gasteiger partial charge on any atom is -0.479 e. The third-order valence-corrected chi connectivity index (χ3v) is 1.46. The lowest BCUT2D eigenvalue weighted by atomic mass is 10.0. The molecule has 0 aliphatic rings. The van der Waals surface area contributed by atoms with Gasteiger partial charge in [0.1, 0.15) is 0 Å². The molecule has 0 saturated carbocycles. The lowest BCUT2D eigenvalue weighted by Gasteiger charge is -2.32. The highest BCUT2D eigenvalue weighted by atomic mass is 19.4. The van der Waals surface area contributed by atoms with Gasteiger partial charge >= 0.3 is 23.9 Å². The lowest BCUT2D eigenvalue weighted by molar-refractivity contribution is -0.367. The van der Waals surface area contributed by atoms with Gasteiger partial charge in [-0.2, -0.15) is 26.3 Å². The SMILES string of the molecule is CCOC(C(=O)O)(C(F)(F)F)C(F)(F)F. The van der Waals surface area contributed by atoms with Gasteiger partial charge in [0.2, 0.25) is 0 Å². The molecule has 0 aromatic carbocycles. The summed E-state index contributed by atoms with van der Waals surface area (Å²) >= 11 is 0. The van der Waals surface area contributed by atoms with Crippen molar-refractivity contribution in [3.8, 4) is 0 Å². The van der Waals surface area contributed by atoms with Crippen LogP contribution >= 0.6 is 0 Å². The zero-order chi connectivity index (χ0) is 12.5. The fourth-order valence-corrected chi connectivity index (χ4v) is 0.845. The molecule has 15 heavy (non-hydrogen) atoms. The molecule has 0 aromatic heterocycles. The topological polar surface area (TPSA) is 46.5 Å². The van der Waals surface area contributed by atoms with Crippen LogP contribution in [0.1, 0.15) is 6.92 Å². The Morgan fingerprint density at radius 3 is 1.53 bits per heavy atom. The van der Waals surface area contributed by atoms with Gasteiger partial charge in [-0.3, -0.25) is 0 Å². The maximum atomic E-state index is 12.1. The molecule has 1 N–H and O–H groups in total. The number of aliphatic carboxylic acids is 1. The molecule has 0 unspecified atom stereocenters. The second kappa shape index (κ2) is 3.87. The number of halogens is 6. The van der Waals surface area contributed by atoms with Crippen LogP contribution in [0.3, 0.4) is 0 Å². The number of ether oxygens (including phenoxy) is 1. The Kier molecular flexibility index (Phi) is 3.62. The molecular formula is C6H6F6O3. The van der Waals surface area contributed by atoms with E-state index in [4.69, 9.17) is 5.11 Å². The van der Waals surface area contributed by atoms with E-state index in [9.17, 15) is 31.1 Å². The lowest BCUT2D eigenvalue weighted by Crippen LogP contribution is -2.64. The van der Waals surface area contributed by atoms with Crippen molar-refractivity contribution in [2.75, 3.05) is 6.61 Å². The van der Waals surface area contributed by atoms with Gasteiger partial charge in [0, 0.05) is 6.61 Å². The Morgan fingerprint density at radius 1 is 1.13 bits per heavy atom. The summed E-state index contributed by atoms with van der Waals surface area (Å²) in [5.41, 5.74) is -5.16. The predicted molar refractivity (Wildman–Crippen MR) is 34.1 cm³/mol. The van der Waals surface area contributed by atoms with E-state index in [2.05, 4.69) is 4.74 Å². The molecule has 0 bridgehead atoms. The predicted octanol–water partition coefficient (Wildman–Crippen LogP) is 1.97. The second-order valence-corrected chi connectivity index (χ2v) is 2.41. The van der Waals surface area contributed by atoms with Crippen LogP contribution in [0, 0.1) is 0 Å². The fraction of sp³-hybridized carbons (Fsp3) is 0.833. The van der Waals surface area contributed by atoms with Crippen molar-refractivity contribution in [1.82, 2.24) is 0 Å². The highest BCUT2D eigenvalue weighted by molar-refractivity contribution is 5.80. The van der Waals surface area contributed by atoms with Gasteiger partial charge in [0.15, 0.2) is 0 Å². The largest absolute Gasteiger partial charge is 0.479 e. The molecule has 0 saturated heterocycles. The summed E-state index contributed by atoms with van der Waals surface area (Å²) < 4.78 is 75.9. The number of carbonyl (C=O) groups is 1. The van der Waals surface area contributed by atoms with Crippen molar-refractivity contribution in [3.63, 3.8) is 0 Å². The molecule has 9 heteroatoms. The van der Waals surface area contributed by atoms with Gasteiger partial charge in [-0.05, 0) is 6.92 Å². The smallest absolute Gasteiger partial charge is 0.437 e. The Morgan fingerprint density at radius 2 is 1.47 bits per heavy atom. The van der Waals surface area contributed by atoms with Gasteiger partial charge in [-0.15, -0.1) is 0 Å². The van der Waals surface area contributed by atoms with Gasteiger partial charge < -0.3 is 9.84 Å². The molecule has 0 aromatic rings. The molecule has 0 amide bonds. The van der Waals surface area contributed by atoms with E-state index in [0.29, 0.717) is 0 Å². The van der Waals surface area contributed by atoms with Crippen molar-refractivity contribution in [2.45, 2.75) is 24.9 Å². The van der Waals surface area contributed by atoms with Crippen LogP contribution in [0.4, 0.5) is 26.3 Å². The van der Waals surface area contributed by atoms with E-state index < -0.39 is 30.5 Å². The standard InChI is InChI=1S/C6H6F6O3/c1-2-15-4(3(13)14,5(7,8)9)6(10,11)12/h2H2,1H3,(H,13,14). The number of hydrogen-bond donors (Lipinski definition) is 1. The summed E-state index contributed by atoms with van der Waals surface area (Å²) in [5.74, 6) is -3.13. The average molecular weight is 240 g/mol. The number of hydrogen-bond acceptors (Lipinski definition) is 2. The van der Waals surface area contributed by atoms with Gasteiger partial charge in [-0.1, -0.05) is 0 Å². The van der Waals surface area contributed by atoms with Crippen molar-refractivity contribution in [3.05, 3.63) is 0 Å². The molecule has 0 atom stereocenters. The first-order valence-electron chi connectivity index (χ1n) is 3.51. The molecule has 0 aliphatic carbocycles. The van der Waals surface area contributed by atoms with Crippen molar-refractivity contribution in [2.24, 2.45) is 0 Å². The van der Waals surface area contributed by atoms with Crippen LogP contribution in [0.2, 0.25) is 0 Å². The zero-order valence-electron chi connectivity index (χ0n) is 7.24. The molecule has 3 nitrogen and oxygen atoms in total. The fourth-order valence-electron chi connectivity index (χ4n) is 0.845.